The van der Waals surface area contributed by atoms with Crippen molar-refractivity contribution in [3.63, 3.8) is 0 Å². The van der Waals surface area contributed by atoms with Crippen LogP contribution in [0.25, 0.3) is 6.08 Å². The maximum absolute atomic E-state index is 11.4. The van der Waals surface area contributed by atoms with E-state index >= 15 is 0 Å². The van der Waals surface area contributed by atoms with E-state index in [9.17, 15) is 14.4 Å². The highest BCUT2D eigenvalue weighted by Gasteiger charge is 2.22. The summed E-state index contributed by atoms with van der Waals surface area (Å²) in [6.45, 7) is 1.50. The molecule has 3 amide bonds. The number of rotatable bonds is 2. The van der Waals surface area contributed by atoms with Crippen molar-refractivity contribution in [3.05, 3.63) is 35.5 Å². The molecule has 0 aromatic heterocycles. The Morgan fingerprint density at radius 2 is 1.62 bits per heavy atom. The van der Waals surface area contributed by atoms with Gasteiger partial charge >= 0.3 is 6.03 Å². The lowest BCUT2D eigenvalue weighted by Gasteiger charge is -2.28. The maximum Gasteiger partial charge on any atom is 0.326 e. The summed E-state index contributed by atoms with van der Waals surface area (Å²) in [4.78, 5) is 35.9. The number of carbonyl (C=O) groups is 3. The molecule has 2 aliphatic heterocycles. The molecule has 0 atom stereocenters. The molecule has 0 radical (unpaired) electrons. The molecular formula is C15H15N3O3. The lowest BCUT2D eigenvalue weighted by atomic mass is 10.1. The van der Waals surface area contributed by atoms with Crippen LogP contribution in [0.2, 0.25) is 0 Å². The molecule has 0 aliphatic carbocycles. The fourth-order valence-corrected chi connectivity index (χ4v) is 2.44. The average Bonchev–Trinajstić information content (AvgIpc) is 2.79. The summed E-state index contributed by atoms with van der Waals surface area (Å²) in [5, 5.41) is 4.61. The summed E-state index contributed by atoms with van der Waals surface area (Å²) in [6, 6.07) is 7.18. The number of benzene rings is 1. The number of nitrogens with one attached hydrogen (secondary N) is 2. The Bertz CT molecular complexity index is 624. The second-order valence-corrected chi connectivity index (χ2v) is 5.08. The quantitative estimate of drug-likeness (QED) is 0.628. The van der Waals surface area contributed by atoms with Crippen LogP contribution in [0.5, 0.6) is 0 Å². The molecule has 0 unspecified atom stereocenters. The minimum absolute atomic E-state index is 0.247. The summed E-state index contributed by atoms with van der Waals surface area (Å²) in [5.41, 5.74) is 2.14. The van der Waals surface area contributed by atoms with Gasteiger partial charge in [-0.2, -0.15) is 0 Å². The molecule has 0 saturated carbocycles. The minimum Gasteiger partial charge on any atom is -0.371 e. The van der Waals surface area contributed by atoms with Crippen LogP contribution in [0.4, 0.5) is 10.5 Å². The number of imide groups is 1. The lowest BCUT2D eigenvalue weighted by Crippen LogP contribution is -2.33. The Hall–Kier alpha value is -2.63. The van der Waals surface area contributed by atoms with Crippen LogP contribution in [0, 0.1) is 0 Å². The molecular weight excluding hydrogens is 270 g/mol. The second-order valence-electron chi connectivity index (χ2n) is 5.08. The molecule has 6 nitrogen and oxygen atoms in total. The number of carbonyl (C=O) groups excluding carboxylic acids is 3. The predicted molar refractivity (Wildman–Crippen MR) is 77.5 cm³/mol. The Morgan fingerprint density at radius 3 is 2.19 bits per heavy atom. The van der Waals surface area contributed by atoms with Gasteiger partial charge in [0.05, 0.1) is 0 Å². The smallest absolute Gasteiger partial charge is 0.326 e. The fourth-order valence-electron chi connectivity index (χ4n) is 2.44. The largest absolute Gasteiger partial charge is 0.371 e. The average molecular weight is 285 g/mol. The van der Waals surface area contributed by atoms with E-state index in [-0.39, 0.29) is 5.70 Å². The number of urea groups is 1. The van der Waals surface area contributed by atoms with Crippen LogP contribution in [-0.4, -0.2) is 30.8 Å². The van der Waals surface area contributed by atoms with Gasteiger partial charge in [0.2, 0.25) is 0 Å². The van der Waals surface area contributed by atoms with Gasteiger partial charge in [0.25, 0.3) is 5.91 Å². The number of Topliss-reactive ketones (excluding diaryl/α,β-unsaturated/α-hetero) is 1. The number of hydrogen-bond acceptors (Lipinski definition) is 4. The highest BCUT2D eigenvalue weighted by molar-refractivity contribution is 6.13. The van der Waals surface area contributed by atoms with Gasteiger partial charge in [0.1, 0.15) is 11.5 Å². The van der Waals surface area contributed by atoms with E-state index in [1.165, 1.54) is 0 Å². The van der Waals surface area contributed by atoms with Crippen molar-refractivity contribution in [1.82, 2.24) is 10.6 Å². The van der Waals surface area contributed by atoms with E-state index in [0.717, 1.165) is 24.3 Å². The molecule has 2 aliphatic rings. The first-order valence-electron chi connectivity index (χ1n) is 6.82. The molecule has 6 heteroatoms. The van der Waals surface area contributed by atoms with E-state index < -0.39 is 11.9 Å². The Balaban J connectivity index is 1.72. The van der Waals surface area contributed by atoms with Crippen molar-refractivity contribution < 1.29 is 14.4 Å². The number of anilines is 1. The maximum atomic E-state index is 11.4. The summed E-state index contributed by atoms with van der Waals surface area (Å²) < 4.78 is 0. The summed E-state index contributed by atoms with van der Waals surface area (Å²) >= 11 is 0. The monoisotopic (exact) mass is 285 g/mol. The molecule has 1 aromatic carbocycles. The standard InChI is InChI=1S/C15H15N3O3/c19-12-5-7-18(8-6-12)11-3-1-10(2-4-11)9-13-14(20)17-15(21)16-13/h1-4,9H,5-8H2,(H2,16,17,20,21)/b13-9-. The number of amides is 3. The van der Waals surface area contributed by atoms with Crippen LogP contribution < -0.4 is 15.5 Å². The number of ketones is 1. The summed E-state index contributed by atoms with van der Waals surface area (Å²) in [5.74, 6) is -0.103. The molecule has 2 N–H and O–H groups in total. The Morgan fingerprint density at radius 1 is 0.952 bits per heavy atom. The SMILES string of the molecule is O=C1CCN(c2ccc(/C=C3\NC(=O)NC3=O)cc2)CC1. The zero-order valence-corrected chi connectivity index (χ0v) is 11.4. The normalized spacial score (nSPS) is 20.7. The molecule has 3 rings (SSSR count). The Labute approximate surface area is 121 Å². The van der Waals surface area contributed by atoms with Gasteiger partial charge < -0.3 is 10.2 Å². The van der Waals surface area contributed by atoms with Crippen LogP contribution in [-0.2, 0) is 9.59 Å². The van der Waals surface area contributed by atoms with E-state index in [1.54, 1.807) is 6.08 Å². The first-order valence-corrected chi connectivity index (χ1v) is 6.82. The van der Waals surface area contributed by atoms with Crippen molar-refractivity contribution in [3.8, 4) is 0 Å². The van der Waals surface area contributed by atoms with Gasteiger partial charge in [-0.25, -0.2) is 4.79 Å². The molecule has 1 aromatic rings. The molecule has 2 heterocycles. The molecule has 108 valence electrons. The third kappa shape index (κ3) is 2.94. The zero-order chi connectivity index (χ0) is 14.8. The van der Waals surface area contributed by atoms with Gasteiger partial charge in [-0.3, -0.25) is 14.9 Å². The van der Waals surface area contributed by atoms with E-state index in [1.807, 2.05) is 24.3 Å². The number of piperidine rings is 1. The third-order valence-corrected chi connectivity index (χ3v) is 3.61. The van der Waals surface area contributed by atoms with Crippen LogP contribution in [0.1, 0.15) is 18.4 Å². The number of nitrogens with zero attached hydrogens (tertiary/aromatic N) is 1. The lowest BCUT2D eigenvalue weighted by molar-refractivity contribution is -0.119. The topological polar surface area (TPSA) is 78.5 Å². The second kappa shape index (κ2) is 5.40. The molecule has 2 fully saturated rings. The van der Waals surface area contributed by atoms with Gasteiger partial charge in [-0.15, -0.1) is 0 Å². The highest BCUT2D eigenvalue weighted by atomic mass is 16.2. The predicted octanol–water partition coefficient (Wildman–Crippen LogP) is 1.04. The molecule has 21 heavy (non-hydrogen) atoms. The van der Waals surface area contributed by atoms with Crippen LogP contribution in [0.3, 0.4) is 0 Å². The molecule has 2 saturated heterocycles. The summed E-state index contributed by atoms with van der Waals surface area (Å²) in [6.07, 6.45) is 2.82. The van der Waals surface area contributed by atoms with Gasteiger partial charge in [-0.05, 0) is 23.8 Å². The fraction of sp³-hybridized carbons (Fsp3) is 0.267. The first-order chi connectivity index (χ1) is 10.1. The van der Waals surface area contributed by atoms with Crippen LogP contribution in [0.15, 0.2) is 30.0 Å². The minimum atomic E-state index is -0.499. The van der Waals surface area contributed by atoms with E-state index in [4.69, 9.17) is 0 Å². The first kappa shape index (κ1) is 13.4. The van der Waals surface area contributed by atoms with E-state index in [2.05, 4.69) is 15.5 Å². The van der Waals surface area contributed by atoms with Crippen molar-refractivity contribution in [1.29, 1.82) is 0 Å². The van der Waals surface area contributed by atoms with E-state index in [0.29, 0.717) is 18.6 Å². The van der Waals surface area contributed by atoms with Crippen LogP contribution >= 0.6 is 0 Å². The third-order valence-electron chi connectivity index (χ3n) is 3.61. The van der Waals surface area contributed by atoms with Gasteiger partial charge in [0.15, 0.2) is 0 Å². The van der Waals surface area contributed by atoms with Crippen molar-refractivity contribution in [2.24, 2.45) is 0 Å². The van der Waals surface area contributed by atoms with Crippen molar-refractivity contribution >= 4 is 29.5 Å². The van der Waals surface area contributed by atoms with Gasteiger partial charge in [0, 0.05) is 31.6 Å². The number of hydrogen-bond donors (Lipinski definition) is 2. The zero-order valence-electron chi connectivity index (χ0n) is 11.4. The molecule has 0 spiro atoms. The van der Waals surface area contributed by atoms with Crippen molar-refractivity contribution in [2.75, 3.05) is 18.0 Å². The van der Waals surface area contributed by atoms with Crippen molar-refractivity contribution in [2.45, 2.75) is 12.8 Å². The van der Waals surface area contributed by atoms with Gasteiger partial charge in [-0.1, -0.05) is 12.1 Å². The molecule has 0 bridgehead atoms. The Kier molecular flexibility index (Phi) is 3.43. The summed E-state index contributed by atoms with van der Waals surface area (Å²) in [7, 11) is 0. The highest BCUT2D eigenvalue weighted by Crippen LogP contribution is 2.20.